The van der Waals surface area contributed by atoms with E-state index in [-0.39, 0.29) is 0 Å². The summed E-state index contributed by atoms with van der Waals surface area (Å²) in [5.41, 5.74) is 6.90. The van der Waals surface area contributed by atoms with E-state index >= 15 is 0 Å². The number of thiophene rings is 1. The number of allylic oxidation sites excluding steroid dienone is 2. The minimum atomic E-state index is 0.669. The summed E-state index contributed by atoms with van der Waals surface area (Å²) in [7, 11) is 0. The minimum Gasteiger partial charge on any atom is -0.353 e. The molecule has 1 aliphatic heterocycles. The van der Waals surface area contributed by atoms with Crippen LogP contribution in [0.5, 0.6) is 0 Å². The highest BCUT2D eigenvalue weighted by molar-refractivity contribution is 7.08. The molecule has 5 rings (SSSR count). The van der Waals surface area contributed by atoms with E-state index in [1.54, 1.807) is 11.3 Å². The Morgan fingerprint density at radius 3 is 2.90 bits per heavy atom. The molecule has 0 spiro atoms. The molecule has 1 aliphatic rings. The fourth-order valence-electron chi connectivity index (χ4n) is 4.32. The molecule has 4 aromatic rings. The van der Waals surface area contributed by atoms with Gasteiger partial charge in [0.2, 0.25) is 0 Å². The molecule has 1 aromatic carbocycles. The third-order valence-corrected chi connectivity index (χ3v) is 6.83. The SMILES string of the molecule is C=c1c(-c2cc3c(-c4ccsc4)cccc3[nH]2)n[nH]/c1=C/C=C(\C)C1CCNCC1. The van der Waals surface area contributed by atoms with Crippen molar-refractivity contribution in [2.45, 2.75) is 19.8 Å². The molecule has 0 amide bonds. The Labute approximate surface area is 180 Å². The van der Waals surface area contributed by atoms with Crippen molar-refractivity contribution >= 4 is 34.9 Å². The van der Waals surface area contributed by atoms with Crippen LogP contribution in [0.25, 0.3) is 46.1 Å². The van der Waals surface area contributed by atoms with Crippen molar-refractivity contribution in [1.29, 1.82) is 0 Å². The predicted molar refractivity (Wildman–Crippen MR) is 128 cm³/mol. The zero-order valence-corrected chi connectivity index (χ0v) is 18.0. The first-order valence-electron chi connectivity index (χ1n) is 10.5. The van der Waals surface area contributed by atoms with E-state index in [2.05, 4.69) is 87.2 Å². The fourth-order valence-corrected chi connectivity index (χ4v) is 4.98. The maximum absolute atomic E-state index is 4.58. The Morgan fingerprint density at radius 2 is 2.10 bits per heavy atom. The number of fused-ring (bicyclic) bond motifs is 1. The van der Waals surface area contributed by atoms with Gasteiger partial charge in [-0.2, -0.15) is 16.4 Å². The molecule has 0 radical (unpaired) electrons. The molecule has 152 valence electrons. The number of rotatable bonds is 4. The van der Waals surface area contributed by atoms with Crippen LogP contribution < -0.4 is 15.9 Å². The number of nitrogens with one attached hydrogen (secondary N) is 3. The summed E-state index contributed by atoms with van der Waals surface area (Å²) in [5.74, 6) is 0.669. The lowest BCUT2D eigenvalue weighted by molar-refractivity contribution is 0.420. The Kier molecular flexibility index (Phi) is 5.15. The van der Waals surface area contributed by atoms with Crippen LogP contribution in [0.3, 0.4) is 0 Å². The number of benzene rings is 1. The number of aromatic amines is 2. The molecule has 1 saturated heterocycles. The Morgan fingerprint density at radius 1 is 1.23 bits per heavy atom. The maximum atomic E-state index is 4.58. The maximum Gasteiger partial charge on any atom is 0.116 e. The van der Waals surface area contributed by atoms with Crippen LogP contribution >= 0.6 is 11.3 Å². The van der Waals surface area contributed by atoms with Crippen LogP contribution in [-0.2, 0) is 0 Å². The lowest BCUT2D eigenvalue weighted by atomic mass is 9.91. The van der Waals surface area contributed by atoms with Gasteiger partial charge in [-0.1, -0.05) is 30.4 Å². The van der Waals surface area contributed by atoms with Crippen LogP contribution in [-0.4, -0.2) is 28.3 Å². The smallest absolute Gasteiger partial charge is 0.116 e. The number of nitrogens with zero attached hydrogens (tertiary/aromatic N) is 1. The van der Waals surface area contributed by atoms with Gasteiger partial charge in [-0.25, -0.2) is 0 Å². The summed E-state index contributed by atoms with van der Waals surface area (Å²) >= 11 is 1.72. The van der Waals surface area contributed by atoms with Crippen molar-refractivity contribution in [1.82, 2.24) is 20.5 Å². The predicted octanol–water partition coefficient (Wildman–Crippen LogP) is 4.42. The van der Waals surface area contributed by atoms with Gasteiger partial charge in [0.15, 0.2) is 0 Å². The topological polar surface area (TPSA) is 56.5 Å². The lowest BCUT2D eigenvalue weighted by Crippen LogP contribution is -2.28. The third-order valence-electron chi connectivity index (χ3n) is 6.15. The van der Waals surface area contributed by atoms with Gasteiger partial charge < -0.3 is 10.3 Å². The first-order valence-corrected chi connectivity index (χ1v) is 11.4. The van der Waals surface area contributed by atoms with Crippen molar-refractivity contribution in [2.75, 3.05) is 13.1 Å². The highest BCUT2D eigenvalue weighted by Crippen LogP contribution is 2.32. The number of hydrogen-bond acceptors (Lipinski definition) is 3. The normalized spacial score (nSPS) is 16.6. The Balaban J connectivity index is 1.50. The number of aromatic nitrogens is 3. The van der Waals surface area contributed by atoms with Gasteiger partial charge in [0.05, 0.1) is 11.0 Å². The van der Waals surface area contributed by atoms with Gasteiger partial charge >= 0.3 is 0 Å². The lowest BCUT2D eigenvalue weighted by Gasteiger charge is -2.23. The largest absolute Gasteiger partial charge is 0.353 e. The molecule has 0 bridgehead atoms. The van der Waals surface area contributed by atoms with Gasteiger partial charge in [0.25, 0.3) is 0 Å². The summed E-state index contributed by atoms with van der Waals surface area (Å²) in [5, 5.41) is 18.6. The first kappa shape index (κ1) is 19.1. The second-order valence-corrected chi connectivity index (χ2v) is 8.81. The number of piperidine rings is 1. The van der Waals surface area contributed by atoms with Crippen molar-refractivity contribution in [3.63, 3.8) is 0 Å². The highest BCUT2D eigenvalue weighted by atomic mass is 32.1. The molecule has 5 heteroatoms. The van der Waals surface area contributed by atoms with Crippen LogP contribution in [0.15, 0.2) is 52.7 Å². The van der Waals surface area contributed by atoms with E-state index in [4.69, 9.17) is 0 Å². The number of hydrogen-bond donors (Lipinski definition) is 3. The summed E-state index contributed by atoms with van der Waals surface area (Å²) in [6, 6.07) is 10.7. The molecule has 3 N–H and O–H groups in total. The molecule has 3 aromatic heterocycles. The van der Waals surface area contributed by atoms with Gasteiger partial charge in [-0.05, 0) is 84.9 Å². The van der Waals surface area contributed by atoms with Gasteiger partial charge in [0.1, 0.15) is 5.69 Å². The third kappa shape index (κ3) is 3.55. The molecular formula is C25H26N4S. The van der Waals surface area contributed by atoms with Gasteiger partial charge in [0, 0.05) is 16.1 Å². The van der Waals surface area contributed by atoms with E-state index in [9.17, 15) is 0 Å². The monoisotopic (exact) mass is 414 g/mol. The average Bonchev–Trinajstić information content (AvgIpc) is 3.52. The quantitative estimate of drug-likeness (QED) is 0.463. The van der Waals surface area contributed by atoms with Crippen LogP contribution in [0.1, 0.15) is 19.8 Å². The summed E-state index contributed by atoms with van der Waals surface area (Å²) < 4.78 is 0. The van der Waals surface area contributed by atoms with E-state index in [0.29, 0.717) is 5.92 Å². The molecule has 0 saturated carbocycles. The zero-order valence-electron chi connectivity index (χ0n) is 17.2. The average molecular weight is 415 g/mol. The first-order chi connectivity index (χ1) is 14.7. The fraction of sp³-hybridized carbons (Fsp3) is 0.240. The molecule has 1 fully saturated rings. The van der Waals surface area contributed by atoms with Crippen LogP contribution in [0, 0.1) is 5.92 Å². The van der Waals surface area contributed by atoms with Crippen LogP contribution in [0.4, 0.5) is 0 Å². The molecule has 0 unspecified atom stereocenters. The zero-order chi connectivity index (χ0) is 20.5. The van der Waals surface area contributed by atoms with E-state index < -0.39 is 0 Å². The Hall–Kier alpha value is -2.89. The molecule has 30 heavy (non-hydrogen) atoms. The Bertz CT molecular complexity index is 1300. The van der Waals surface area contributed by atoms with Crippen molar-refractivity contribution in [3.8, 4) is 22.5 Å². The van der Waals surface area contributed by atoms with Gasteiger partial charge in [-0.3, -0.25) is 5.10 Å². The van der Waals surface area contributed by atoms with E-state index in [1.807, 2.05) is 0 Å². The molecular weight excluding hydrogens is 388 g/mol. The molecule has 0 atom stereocenters. The van der Waals surface area contributed by atoms with E-state index in [0.717, 1.165) is 40.6 Å². The molecule has 4 heterocycles. The highest BCUT2D eigenvalue weighted by Gasteiger charge is 2.14. The minimum absolute atomic E-state index is 0.669. The van der Waals surface area contributed by atoms with Gasteiger partial charge in [-0.15, -0.1) is 0 Å². The summed E-state index contributed by atoms with van der Waals surface area (Å²) in [6.45, 7) is 8.76. The second-order valence-electron chi connectivity index (χ2n) is 8.03. The summed E-state index contributed by atoms with van der Waals surface area (Å²) in [4.78, 5) is 3.53. The van der Waals surface area contributed by atoms with Crippen molar-refractivity contribution < 1.29 is 0 Å². The summed E-state index contributed by atoms with van der Waals surface area (Å²) in [6.07, 6.45) is 6.77. The van der Waals surface area contributed by atoms with Crippen LogP contribution in [0.2, 0.25) is 0 Å². The molecule has 4 nitrogen and oxygen atoms in total. The standard InChI is InChI=1S/C25H26N4S/c1-16(18-8-11-26-12-9-18)6-7-22-17(2)25(29-28-22)24-14-21-20(19-10-13-30-15-19)4-3-5-23(21)27-24/h3-7,10,13-15,18,26-28H,2,8-9,11-12H2,1H3/b16-6+,22-7+. The van der Waals surface area contributed by atoms with Crippen molar-refractivity contribution in [3.05, 3.63) is 63.3 Å². The van der Waals surface area contributed by atoms with Crippen molar-refractivity contribution in [2.24, 2.45) is 5.92 Å². The van der Waals surface area contributed by atoms with E-state index in [1.165, 1.54) is 34.9 Å². The number of H-pyrrole nitrogens is 2. The second kappa shape index (κ2) is 8.09. The molecule has 0 aliphatic carbocycles.